The van der Waals surface area contributed by atoms with Crippen LogP contribution in [0, 0.1) is 11.6 Å². The standard InChI is InChI=1S/C22H16F2N2O4/c23-17-5-13(12-4-14(10-27)21-20(7-12)29-11-30-21)6-18(24)16(17)8-26-9-19-15(22(26)28)2-1-3-25-19/h1-7,27H,8-11H2/i10D2. The molecule has 0 atom stereocenters. The summed E-state index contributed by atoms with van der Waals surface area (Å²) >= 11 is 0. The molecule has 5 rings (SSSR count). The summed E-state index contributed by atoms with van der Waals surface area (Å²) in [4.78, 5) is 18.0. The molecule has 3 heterocycles. The Morgan fingerprint density at radius 3 is 2.67 bits per heavy atom. The Morgan fingerprint density at radius 1 is 1.17 bits per heavy atom. The smallest absolute Gasteiger partial charge is 0.256 e. The predicted molar refractivity (Wildman–Crippen MR) is 102 cm³/mol. The van der Waals surface area contributed by atoms with Gasteiger partial charge in [0, 0.05) is 17.3 Å². The Balaban J connectivity index is 1.49. The summed E-state index contributed by atoms with van der Waals surface area (Å²) in [5.74, 6) is -1.86. The number of aliphatic hydroxyl groups is 1. The lowest BCUT2D eigenvalue weighted by molar-refractivity contribution is 0.0763. The Kier molecular flexibility index (Phi) is 3.84. The first-order valence-electron chi connectivity index (χ1n) is 10.1. The van der Waals surface area contributed by atoms with E-state index in [0.717, 1.165) is 12.1 Å². The SMILES string of the molecule is [2H]C([2H])(O)c1cc(-c2cc(F)c(CN3Cc4ncccc4C3=O)c(F)c2)cc2c1OCO2. The molecule has 1 aromatic heterocycles. The molecule has 0 fully saturated rings. The molecule has 0 aliphatic carbocycles. The molecule has 1 N–H and O–H groups in total. The highest BCUT2D eigenvalue weighted by Crippen LogP contribution is 2.40. The van der Waals surface area contributed by atoms with Crippen molar-refractivity contribution in [1.82, 2.24) is 9.88 Å². The molecule has 2 aliphatic heterocycles. The average molecular weight is 412 g/mol. The highest BCUT2D eigenvalue weighted by atomic mass is 19.1. The lowest BCUT2D eigenvalue weighted by atomic mass is 9.99. The van der Waals surface area contributed by atoms with Crippen molar-refractivity contribution in [2.24, 2.45) is 0 Å². The van der Waals surface area contributed by atoms with E-state index in [0.29, 0.717) is 11.3 Å². The fourth-order valence-electron chi connectivity index (χ4n) is 3.68. The van der Waals surface area contributed by atoms with Crippen LogP contribution in [0.1, 0.15) is 29.9 Å². The number of halogens is 2. The van der Waals surface area contributed by atoms with Crippen LogP contribution >= 0.6 is 0 Å². The van der Waals surface area contributed by atoms with Crippen LogP contribution in [0.3, 0.4) is 0 Å². The Morgan fingerprint density at radius 2 is 1.93 bits per heavy atom. The number of aromatic nitrogens is 1. The van der Waals surface area contributed by atoms with Crippen LogP contribution < -0.4 is 9.47 Å². The number of amides is 1. The first kappa shape index (κ1) is 16.3. The van der Waals surface area contributed by atoms with E-state index in [1.807, 2.05) is 0 Å². The average Bonchev–Trinajstić information content (AvgIpc) is 3.34. The normalized spacial score (nSPS) is 15.8. The molecule has 0 saturated heterocycles. The van der Waals surface area contributed by atoms with Gasteiger partial charge in [-0.2, -0.15) is 0 Å². The Hall–Kier alpha value is -3.52. The van der Waals surface area contributed by atoms with Gasteiger partial charge in [-0.25, -0.2) is 8.78 Å². The first-order chi connectivity index (χ1) is 15.2. The van der Waals surface area contributed by atoms with Gasteiger partial charge in [0.15, 0.2) is 11.5 Å². The fourth-order valence-corrected chi connectivity index (χ4v) is 3.68. The van der Waals surface area contributed by atoms with Crippen molar-refractivity contribution in [3.63, 3.8) is 0 Å². The number of hydrogen-bond donors (Lipinski definition) is 1. The molecule has 0 radical (unpaired) electrons. The van der Waals surface area contributed by atoms with Gasteiger partial charge in [0.25, 0.3) is 5.91 Å². The molecule has 8 heteroatoms. The van der Waals surface area contributed by atoms with E-state index in [4.69, 9.17) is 12.2 Å². The minimum Gasteiger partial charge on any atom is -0.454 e. The quantitative estimate of drug-likeness (QED) is 0.711. The number of fused-ring (bicyclic) bond motifs is 2. The molecule has 152 valence electrons. The third-order valence-corrected chi connectivity index (χ3v) is 5.16. The van der Waals surface area contributed by atoms with Gasteiger partial charge in [-0.05, 0) is 47.5 Å². The lowest BCUT2D eigenvalue weighted by Gasteiger charge is -2.17. The second-order valence-electron chi connectivity index (χ2n) is 6.95. The van der Waals surface area contributed by atoms with Crippen molar-refractivity contribution in [1.29, 1.82) is 0 Å². The molecule has 2 aromatic carbocycles. The summed E-state index contributed by atoms with van der Waals surface area (Å²) in [7, 11) is 0. The zero-order valence-corrected chi connectivity index (χ0v) is 15.5. The molecule has 6 nitrogen and oxygen atoms in total. The summed E-state index contributed by atoms with van der Waals surface area (Å²) in [6.45, 7) is -3.01. The summed E-state index contributed by atoms with van der Waals surface area (Å²) in [6, 6.07) is 8.16. The van der Waals surface area contributed by atoms with E-state index in [1.165, 1.54) is 17.0 Å². The Bertz CT molecular complexity index is 1240. The highest BCUT2D eigenvalue weighted by Gasteiger charge is 2.30. The number of rotatable bonds is 4. The summed E-state index contributed by atoms with van der Waals surface area (Å²) in [5.41, 5.74) is 0.844. The van der Waals surface area contributed by atoms with Crippen molar-refractivity contribution in [3.8, 4) is 22.6 Å². The Labute approximate surface area is 173 Å². The number of hydrogen-bond acceptors (Lipinski definition) is 5. The molecule has 0 spiro atoms. The number of nitrogens with zero attached hydrogens (tertiary/aromatic N) is 2. The number of carbonyl (C=O) groups excluding carboxylic acids is 1. The van der Waals surface area contributed by atoms with Crippen molar-refractivity contribution in [2.45, 2.75) is 19.6 Å². The van der Waals surface area contributed by atoms with E-state index in [9.17, 15) is 18.7 Å². The van der Waals surface area contributed by atoms with Crippen LogP contribution in [-0.2, 0) is 19.6 Å². The van der Waals surface area contributed by atoms with Crippen LogP contribution in [-0.4, -0.2) is 27.7 Å². The van der Waals surface area contributed by atoms with Gasteiger partial charge in [0.2, 0.25) is 6.79 Å². The van der Waals surface area contributed by atoms with Crippen LogP contribution in [0.2, 0.25) is 0 Å². The van der Waals surface area contributed by atoms with Gasteiger partial charge < -0.3 is 19.5 Å². The largest absolute Gasteiger partial charge is 0.454 e. The zero-order valence-electron chi connectivity index (χ0n) is 17.5. The van der Waals surface area contributed by atoms with E-state index in [2.05, 4.69) is 4.98 Å². The van der Waals surface area contributed by atoms with Gasteiger partial charge >= 0.3 is 0 Å². The fraction of sp³-hybridized carbons (Fsp3) is 0.182. The molecule has 2 aliphatic rings. The molecular formula is C22H16F2N2O4. The molecular weight excluding hydrogens is 394 g/mol. The van der Waals surface area contributed by atoms with Gasteiger partial charge in [-0.1, -0.05) is 0 Å². The predicted octanol–water partition coefficient (Wildman–Crippen LogP) is 3.40. The van der Waals surface area contributed by atoms with E-state index < -0.39 is 18.2 Å². The maximum Gasteiger partial charge on any atom is 0.256 e. The van der Waals surface area contributed by atoms with Crippen molar-refractivity contribution in [2.75, 3.05) is 6.79 Å². The lowest BCUT2D eigenvalue weighted by Crippen LogP contribution is -2.24. The summed E-state index contributed by atoms with van der Waals surface area (Å²) in [5, 5.41) is 9.84. The van der Waals surface area contributed by atoms with Crippen molar-refractivity contribution in [3.05, 3.63) is 76.6 Å². The third kappa shape index (κ3) is 2.96. The van der Waals surface area contributed by atoms with Crippen molar-refractivity contribution >= 4 is 5.91 Å². The van der Waals surface area contributed by atoms with Gasteiger partial charge in [-0.3, -0.25) is 9.78 Å². The van der Waals surface area contributed by atoms with Gasteiger partial charge in [0.05, 0.1) is 33.6 Å². The first-order valence-corrected chi connectivity index (χ1v) is 9.10. The number of carbonyl (C=O) groups is 1. The number of pyridine rings is 1. The second kappa shape index (κ2) is 7.07. The van der Waals surface area contributed by atoms with Crippen LogP contribution in [0.5, 0.6) is 11.5 Å². The minimum atomic E-state index is -2.75. The molecule has 3 aromatic rings. The summed E-state index contributed by atoms with van der Waals surface area (Å²) < 4.78 is 55.6. The van der Waals surface area contributed by atoms with E-state index in [1.54, 1.807) is 18.3 Å². The van der Waals surface area contributed by atoms with E-state index in [-0.39, 0.29) is 59.5 Å². The monoisotopic (exact) mass is 412 g/mol. The molecule has 0 saturated carbocycles. The number of benzene rings is 2. The topological polar surface area (TPSA) is 71.9 Å². The molecule has 30 heavy (non-hydrogen) atoms. The minimum absolute atomic E-state index is 0.0412. The number of ether oxygens (including phenoxy) is 2. The van der Waals surface area contributed by atoms with Gasteiger partial charge in [-0.15, -0.1) is 0 Å². The third-order valence-electron chi connectivity index (χ3n) is 5.16. The van der Waals surface area contributed by atoms with Gasteiger partial charge in [0.1, 0.15) is 11.6 Å². The molecule has 1 amide bonds. The molecule has 0 unspecified atom stereocenters. The highest BCUT2D eigenvalue weighted by molar-refractivity contribution is 5.97. The van der Waals surface area contributed by atoms with Crippen molar-refractivity contribution < 1.29 is 30.9 Å². The maximum atomic E-state index is 14.9. The van der Waals surface area contributed by atoms with Crippen LogP contribution in [0.25, 0.3) is 11.1 Å². The second-order valence-corrected chi connectivity index (χ2v) is 6.95. The van der Waals surface area contributed by atoms with Crippen LogP contribution in [0.15, 0.2) is 42.6 Å². The van der Waals surface area contributed by atoms with Crippen LogP contribution in [0.4, 0.5) is 8.78 Å². The molecule has 0 bridgehead atoms. The van der Waals surface area contributed by atoms with E-state index >= 15 is 0 Å². The summed E-state index contributed by atoms with van der Waals surface area (Å²) in [6.07, 6.45) is 1.56. The maximum absolute atomic E-state index is 14.9. The zero-order chi connectivity index (χ0) is 22.6.